The van der Waals surface area contributed by atoms with E-state index in [0.717, 1.165) is 0 Å². The SMILES string of the molecule is N#Cc1cc2c(cc1-c1cc(C(F)(F)F)cc(C(F)(F)F)c1)-n1c3cc(-c4nc(-c5ccccc5)nc(-c5ccccc5)n4)ccc3c3ccc(cc31)C(c1nc(-c3ccccc3)nc(-c3ccccc3)n1)(c1nc(-c3ccccc3)nc(-c3ccccc3)n1)c1ccc3c4ccc(-c5nc(-c6ccccc6)nc(-c6ccccc6)n5)cc4n-2c3c1. The summed E-state index contributed by atoms with van der Waals surface area (Å²) in [5, 5.41) is 14.5. The lowest BCUT2D eigenvalue weighted by Gasteiger charge is -2.33. The van der Waals surface area contributed by atoms with E-state index < -0.39 is 34.5 Å². The Kier molecular flexibility index (Phi) is 17.3. The average molecular weight is 1580 g/mol. The summed E-state index contributed by atoms with van der Waals surface area (Å²) in [6.45, 7) is 0. The van der Waals surface area contributed by atoms with Crippen LogP contribution in [-0.2, 0) is 17.8 Å². The lowest BCUT2D eigenvalue weighted by Crippen LogP contribution is -2.36. The van der Waals surface area contributed by atoms with Crippen LogP contribution < -0.4 is 0 Å². The Morgan fingerprint density at radius 2 is 0.488 bits per heavy atom. The van der Waals surface area contributed by atoms with Gasteiger partial charge in [0.1, 0.15) is 5.41 Å². The molecule has 0 fully saturated rings. The molecule has 0 aliphatic carbocycles. The molecule has 0 saturated heterocycles. The van der Waals surface area contributed by atoms with Gasteiger partial charge in [0.2, 0.25) is 0 Å². The highest BCUT2D eigenvalue weighted by molar-refractivity contribution is 6.13. The Morgan fingerprint density at radius 1 is 0.240 bits per heavy atom. The summed E-state index contributed by atoms with van der Waals surface area (Å²) in [6.07, 6.45) is -10.6. The van der Waals surface area contributed by atoms with E-state index in [1.165, 1.54) is 12.1 Å². The van der Waals surface area contributed by atoms with Crippen molar-refractivity contribution >= 4 is 43.6 Å². The van der Waals surface area contributed by atoms with E-state index in [4.69, 9.17) is 59.8 Å². The molecule has 0 amide bonds. The number of rotatable bonds is 13. The van der Waals surface area contributed by atoms with Crippen LogP contribution in [0.5, 0.6) is 0 Å². The molecule has 0 radical (unpaired) electrons. The number of halogens is 6. The second kappa shape index (κ2) is 28.9. The fraction of sp³-hybridized carbons (Fsp3) is 0.0300. The second-order valence-electron chi connectivity index (χ2n) is 29.3. The van der Waals surface area contributed by atoms with Gasteiger partial charge in [-0.15, -0.1) is 0 Å². The maximum atomic E-state index is 15.5. The zero-order valence-electron chi connectivity index (χ0n) is 63.4. The van der Waals surface area contributed by atoms with Crippen molar-refractivity contribution in [3.8, 4) is 142 Å². The number of alkyl halides is 6. The number of hydrogen-bond donors (Lipinski definition) is 0. The van der Waals surface area contributed by atoms with Crippen LogP contribution in [0.15, 0.2) is 346 Å². The van der Waals surface area contributed by atoms with Crippen LogP contribution in [0.4, 0.5) is 26.3 Å². The number of nitriles is 1. The van der Waals surface area contributed by atoms with Crippen molar-refractivity contribution in [2.24, 2.45) is 0 Å². The fourth-order valence-electron chi connectivity index (χ4n) is 16.3. The minimum atomic E-state index is -5.28. The maximum Gasteiger partial charge on any atom is 0.416 e. The number of nitrogens with zero attached hydrogens (tertiary/aromatic N) is 15. The third-order valence-electron chi connectivity index (χ3n) is 22.0. The monoisotopic (exact) mass is 1580 g/mol. The van der Waals surface area contributed by atoms with Crippen molar-refractivity contribution in [3.05, 3.63) is 385 Å². The topological polar surface area (TPSA) is 188 Å². The number of hydrogen-bond acceptors (Lipinski definition) is 13. The predicted octanol–water partition coefficient (Wildman–Crippen LogP) is 23.6. The minimum absolute atomic E-state index is 0.0812. The molecule has 7 heterocycles. The first-order valence-corrected chi connectivity index (χ1v) is 38.7. The molecule has 1 aliphatic rings. The van der Waals surface area contributed by atoms with Gasteiger partial charge in [-0.25, -0.2) is 59.8 Å². The van der Waals surface area contributed by atoms with Crippen molar-refractivity contribution in [1.29, 1.82) is 5.26 Å². The van der Waals surface area contributed by atoms with Crippen LogP contribution in [-0.4, -0.2) is 68.9 Å². The largest absolute Gasteiger partial charge is 0.416 e. The van der Waals surface area contributed by atoms with Crippen molar-refractivity contribution in [3.63, 3.8) is 0 Å². The van der Waals surface area contributed by atoms with Gasteiger partial charge in [-0.3, -0.25) is 0 Å². The highest BCUT2D eigenvalue weighted by Crippen LogP contribution is 2.51. The quantitative estimate of drug-likeness (QED) is 0.0993. The molecule has 21 heteroatoms. The molecule has 4 bridgehead atoms. The van der Waals surface area contributed by atoms with E-state index in [1.54, 1.807) is 0 Å². The molecule has 0 saturated carbocycles. The van der Waals surface area contributed by atoms with Gasteiger partial charge in [0.05, 0.1) is 56.2 Å². The van der Waals surface area contributed by atoms with Crippen LogP contribution in [0.2, 0.25) is 0 Å². The predicted molar refractivity (Wildman–Crippen MR) is 455 cm³/mol. The van der Waals surface area contributed by atoms with Gasteiger partial charge in [-0.1, -0.05) is 291 Å². The fourth-order valence-corrected chi connectivity index (χ4v) is 16.3. The highest BCUT2D eigenvalue weighted by atomic mass is 19.4. The number of aromatic nitrogens is 14. The molecule has 574 valence electrons. The van der Waals surface area contributed by atoms with E-state index in [-0.39, 0.29) is 51.9 Å². The lowest BCUT2D eigenvalue weighted by atomic mass is 9.72. The first-order valence-electron chi connectivity index (χ1n) is 38.7. The third-order valence-corrected chi connectivity index (χ3v) is 22.0. The smallest absolute Gasteiger partial charge is 0.307 e. The normalized spacial score (nSPS) is 12.4. The molecular weight excluding hydrogens is 1530 g/mol. The van der Waals surface area contributed by atoms with Crippen LogP contribution >= 0.6 is 0 Å². The second-order valence-corrected chi connectivity index (χ2v) is 29.3. The molecule has 0 unspecified atom stereocenters. The number of benzene rings is 14. The van der Waals surface area contributed by atoms with Gasteiger partial charge in [0.25, 0.3) is 0 Å². The first kappa shape index (κ1) is 72.5. The van der Waals surface area contributed by atoms with Crippen LogP contribution in [0, 0.1) is 11.3 Å². The standard InChI is InChI=1S/C100H57F6N15/c101-99(102,103)73-49-69(50-74(54-73)100(104,105)106)79-57-85-84(53-70(79)58-107)120-80-51-67(94-110-86(59-25-9-1-10-26-59)108-87(111-94)60-27-11-2-12-28-60)41-45-75(80)77-47-43-71(55-82(77)120)98(96-116-90(63-33-17-5-18-34-63)114-91(117-96)64-35-19-6-20-36-64,97-118-92(65-37-21-7-22-38-65)115-93(119-97)66-39-23-8-24-40-66)72-44-48-78-76-46-42-68(52-81(76)121(85)83(78)56-72)95-112-88(61-29-13-3-14-30-61)109-89(113-95)62-31-15-4-16-32-62/h1-57H. The van der Waals surface area contributed by atoms with E-state index >= 15 is 26.3 Å². The summed E-state index contributed by atoms with van der Waals surface area (Å²) in [7, 11) is 0. The van der Waals surface area contributed by atoms with Gasteiger partial charge in [0, 0.05) is 82.7 Å². The third kappa shape index (κ3) is 12.8. The average Bonchev–Trinajstić information content (AvgIpc) is 1.68. The maximum absolute atomic E-state index is 15.5. The summed E-state index contributed by atoms with van der Waals surface area (Å²) in [5.74, 6) is 3.54. The number of fused-ring (bicyclic) bond motifs is 11. The molecule has 0 N–H and O–H groups in total. The summed E-state index contributed by atoms with van der Waals surface area (Å²) in [4.78, 5) is 64.5. The molecule has 6 aromatic heterocycles. The Morgan fingerprint density at radius 3 is 0.760 bits per heavy atom. The zero-order valence-corrected chi connectivity index (χ0v) is 63.4. The summed E-state index contributed by atoms with van der Waals surface area (Å²) in [5.41, 5.74) is 3.58. The Balaban J connectivity index is 0.968. The van der Waals surface area contributed by atoms with Crippen LogP contribution in [0.3, 0.4) is 0 Å². The van der Waals surface area contributed by atoms with E-state index in [9.17, 15) is 5.26 Å². The summed E-state index contributed by atoms with van der Waals surface area (Å²) < 4.78 is 97.0. The summed E-state index contributed by atoms with van der Waals surface area (Å²) >= 11 is 0. The molecule has 15 nitrogen and oxygen atoms in total. The molecular formula is C100H57F6N15. The van der Waals surface area contributed by atoms with E-state index in [0.29, 0.717) is 169 Å². The molecule has 0 spiro atoms. The molecule has 1 aliphatic heterocycles. The Hall–Kier alpha value is -16.2. The summed E-state index contributed by atoms with van der Waals surface area (Å²) in [6, 6.07) is 107. The Bertz CT molecular complexity index is 7150. The van der Waals surface area contributed by atoms with Gasteiger partial charge in [-0.2, -0.15) is 31.6 Å². The van der Waals surface area contributed by atoms with Crippen LogP contribution in [0.1, 0.15) is 39.5 Å². The molecule has 0 atom stereocenters. The highest BCUT2D eigenvalue weighted by Gasteiger charge is 2.48. The van der Waals surface area contributed by atoms with E-state index in [1.807, 2.05) is 325 Å². The van der Waals surface area contributed by atoms with Crippen molar-refractivity contribution in [2.75, 3.05) is 0 Å². The van der Waals surface area contributed by atoms with Gasteiger partial charge in [-0.05, 0) is 71.3 Å². The molecule has 121 heavy (non-hydrogen) atoms. The Labute approximate surface area is 685 Å². The van der Waals surface area contributed by atoms with Crippen LogP contribution in [0.25, 0.3) is 180 Å². The van der Waals surface area contributed by atoms with Crippen molar-refractivity contribution in [2.45, 2.75) is 17.8 Å². The van der Waals surface area contributed by atoms with Crippen molar-refractivity contribution in [1.82, 2.24) is 68.9 Å². The van der Waals surface area contributed by atoms with Gasteiger partial charge >= 0.3 is 12.4 Å². The van der Waals surface area contributed by atoms with Gasteiger partial charge in [0.15, 0.2) is 69.9 Å². The van der Waals surface area contributed by atoms with Crippen molar-refractivity contribution < 1.29 is 26.3 Å². The molecule has 20 aromatic rings. The van der Waals surface area contributed by atoms with Gasteiger partial charge < -0.3 is 9.13 Å². The first-order chi connectivity index (χ1) is 59.1. The molecule has 14 aromatic carbocycles. The molecule has 21 rings (SSSR count). The lowest BCUT2D eigenvalue weighted by molar-refractivity contribution is -0.143. The zero-order chi connectivity index (χ0) is 81.7. The van der Waals surface area contributed by atoms with E-state index in [2.05, 4.69) is 6.07 Å². The minimum Gasteiger partial charge on any atom is -0.307 e.